The lowest BCUT2D eigenvalue weighted by atomic mass is 9.94. The van der Waals surface area contributed by atoms with Gasteiger partial charge in [-0.05, 0) is 82.2 Å². The molecule has 2 aromatic rings. The van der Waals surface area contributed by atoms with E-state index >= 15 is 0 Å². The van der Waals surface area contributed by atoms with Crippen molar-refractivity contribution in [2.45, 2.75) is 86.4 Å². The minimum absolute atomic E-state index is 0.0977. The van der Waals surface area contributed by atoms with Crippen LogP contribution in [0, 0.1) is 33.6 Å². The van der Waals surface area contributed by atoms with E-state index in [1.807, 2.05) is 77.9 Å². The molecule has 3 unspecified atom stereocenters. The zero-order valence-electron chi connectivity index (χ0n) is 24.8. The minimum atomic E-state index is -1.05. The second-order valence-electron chi connectivity index (χ2n) is 11.3. The van der Waals surface area contributed by atoms with E-state index in [4.69, 9.17) is 4.74 Å². The highest BCUT2D eigenvalue weighted by atomic mass is 16.6. The fraction of sp³-hybridized carbons (Fsp3) is 0.516. The molecule has 0 aliphatic rings. The van der Waals surface area contributed by atoms with Crippen molar-refractivity contribution in [1.29, 1.82) is 0 Å². The molecule has 3 N–H and O–H groups in total. The third-order valence-electron chi connectivity index (χ3n) is 6.91. The van der Waals surface area contributed by atoms with Gasteiger partial charge in [0.05, 0.1) is 6.61 Å². The van der Waals surface area contributed by atoms with Gasteiger partial charge in [0.1, 0.15) is 17.7 Å². The van der Waals surface area contributed by atoms with Gasteiger partial charge in [-0.3, -0.25) is 9.59 Å². The number of aryl methyl sites for hydroxylation is 4. The number of amides is 3. The normalized spacial score (nSPS) is 13.7. The molecule has 0 aliphatic carbocycles. The Balaban J connectivity index is 2.60. The number of hydrogen-bond donors (Lipinski definition) is 3. The maximum atomic E-state index is 14.2. The van der Waals surface area contributed by atoms with E-state index in [0.717, 1.165) is 22.3 Å². The smallest absolute Gasteiger partial charge is 0.408 e. The molecule has 0 aliphatic heterocycles. The van der Waals surface area contributed by atoms with Gasteiger partial charge < -0.3 is 25.4 Å². The van der Waals surface area contributed by atoms with Crippen molar-refractivity contribution in [2.75, 3.05) is 18.5 Å². The van der Waals surface area contributed by atoms with Crippen molar-refractivity contribution in [3.8, 4) is 0 Å². The van der Waals surface area contributed by atoms with Crippen molar-refractivity contribution in [1.82, 2.24) is 10.2 Å². The molecular formula is C31H45N3O5. The first-order chi connectivity index (χ1) is 18.2. The predicted molar refractivity (Wildman–Crippen MR) is 155 cm³/mol. The molecule has 0 spiro atoms. The lowest BCUT2D eigenvalue weighted by molar-refractivity contribution is -0.142. The molecule has 0 bridgehead atoms. The van der Waals surface area contributed by atoms with E-state index in [9.17, 15) is 19.5 Å². The average Bonchev–Trinajstić information content (AvgIpc) is 2.84. The van der Waals surface area contributed by atoms with Crippen molar-refractivity contribution < 1.29 is 24.2 Å². The van der Waals surface area contributed by atoms with Crippen LogP contribution in [0.3, 0.4) is 0 Å². The van der Waals surface area contributed by atoms with Crippen LogP contribution >= 0.6 is 0 Å². The molecule has 0 fully saturated rings. The molecule has 0 radical (unpaired) electrons. The van der Waals surface area contributed by atoms with Crippen molar-refractivity contribution in [3.05, 3.63) is 64.2 Å². The molecule has 0 saturated carbocycles. The van der Waals surface area contributed by atoms with Gasteiger partial charge in [0.15, 0.2) is 0 Å². The predicted octanol–water partition coefficient (Wildman–Crippen LogP) is 5.36. The van der Waals surface area contributed by atoms with Gasteiger partial charge in [0.25, 0.3) is 5.91 Å². The zero-order valence-corrected chi connectivity index (χ0v) is 24.8. The highest BCUT2D eigenvalue weighted by Crippen LogP contribution is 2.29. The number of carbonyl (C=O) groups excluding carboxylic acids is 3. The van der Waals surface area contributed by atoms with E-state index < -0.39 is 35.6 Å². The van der Waals surface area contributed by atoms with Crippen LogP contribution in [-0.2, 0) is 14.3 Å². The number of para-hydroxylation sites is 1. The van der Waals surface area contributed by atoms with Crippen LogP contribution in [-0.4, -0.2) is 52.7 Å². The number of aliphatic hydroxyl groups excluding tert-OH is 1. The van der Waals surface area contributed by atoms with Crippen LogP contribution < -0.4 is 10.6 Å². The SMILES string of the molecule is CCC(C)C(NC(=O)OC(C)(C)C)C(=O)N(CCO)C(C(=O)Nc1c(C)cccc1C)c1ccc(C)c(C)c1. The van der Waals surface area contributed by atoms with E-state index in [0.29, 0.717) is 17.7 Å². The molecule has 214 valence electrons. The van der Waals surface area contributed by atoms with Crippen molar-refractivity contribution >= 4 is 23.6 Å². The Morgan fingerprint density at radius 3 is 2.10 bits per heavy atom. The summed E-state index contributed by atoms with van der Waals surface area (Å²) in [6.07, 6.45) is -0.116. The summed E-state index contributed by atoms with van der Waals surface area (Å²) in [4.78, 5) is 42.2. The minimum Gasteiger partial charge on any atom is -0.444 e. The molecule has 0 aromatic heterocycles. The lowest BCUT2D eigenvalue weighted by Gasteiger charge is -2.36. The Morgan fingerprint density at radius 2 is 1.59 bits per heavy atom. The quantitative estimate of drug-likeness (QED) is 0.377. The molecule has 0 heterocycles. The van der Waals surface area contributed by atoms with Gasteiger partial charge >= 0.3 is 6.09 Å². The molecule has 0 saturated heterocycles. The fourth-order valence-corrected chi connectivity index (χ4v) is 4.38. The molecule has 8 heteroatoms. The third-order valence-corrected chi connectivity index (χ3v) is 6.91. The summed E-state index contributed by atoms with van der Waals surface area (Å²) in [7, 11) is 0. The first-order valence-corrected chi connectivity index (χ1v) is 13.5. The number of aliphatic hydroxyl groups is 1. The largest absolute Gasteiger partial charge is 0.444 e. The number of rotatable bonds is 10. The number of alkyl carbamates (subject to hydrolysis) is 1. The summed E-state index contributed by atoms with van der Waals surface area (Å²) in [5, 5.41) is 15.8. The van der Waals surface area contributed by atoms with Crippen LogP contribution in [0.5, 0.6) is 0 Å². The molecule has 2 aromatic carbocycles. The number of nitrogens with zero attached hydrogens (tertiary/aromatic N) is 1. The summed E-state index contributed by atoms with van der Waals surface area (Å²) in [6.45, 7) is 16.3. The van der Waals surface area contributed by atoms with E-state index in [1.165, 1.54) is 4.90 Å². The Bertz CT molecular complexity index is 1150. The first kappa shape index (κ1) is 31.8. The van der Waals surface area contributed by atoms with Crippen LogP contribution in [0.4, 0.5) is 10.5 Å². The summed E-state index contributed by atoms with van der Waals surface area (Å²) in [5.74, 6) is -1.13. The fourth-order valence-electron chi connectivity index (χ4n) is 4.38. The second-order valence-corrected chi connectivity index (χ2v) is 11.3. The molecule has 3 atom stereocenters. The van der Waals surface area contributed by atoms with Crippen molar-refractivity contribution in [3.63, 3.8) is 0 Å². The topological polar surface area (TPSA) is 108 Å². The number of nitrogens with one attached hydrogen (secondary N) is 2. The van der Waals surface area contributed by atoms with Gasteiger partial charge in [0, 0.05) is 12.2 Å². The Kier molecular flexibility index (Phi) is 11.1. The van der Waals surface area contributed by atoms with E-state index in [2.05, 4.69) is 10.6 Å². The average molecular weight is 540 g/mol. The zero-order chi connectivity index (χ0) is 29.5. The first-order valence-electron chi connectivity index (χ1n) is 13.5. The molecular weight excluding hydrogens is 494 g/mol. The van der Waals surface area contributed by atoms with Crippen LogP contribution in [0.15, 0.2) is 36.4 Å². The Morgan fingerprint density at radius 1 is 0.974 bits per heavy atom. The van der Waals surface area contributed by atoms with E-state index in [-0.39, 0.29) is 19.1 Å². The third kappa shape index (κ3) is 8.55. The summed E-state index contributed by atoms with van der Waals surface area (Å²) in [6, 6.07) is 9.37. The van der Waals surface area contributed by atoms with Gasteiger partial charge in [-0.15, -0.1) is 0 Å². The second kappa shape index (κ2) is 13.6. The van der Waals surface area contributed by atoms with Crippen LogP contribution in [0.25, 0.3) is 0 Å². The molecule has 3 amide bonds. The van der Waals surface area contributed by atoms with Gasteiger partial charge in [0.2, 0.25) is 5.91 Å². The Hall–Kier alpha value is -3.39. The van der Waals surface area contributed by atoms with Gasteiger partial charge in [-0.2, -0.15) is 0 Å². The lowest BCUT2D eigenvalue weighted by Crippen LogP contribution is -2.55. The maximum Gasteiger partial charge on any atom is 0.408 e. The molecule has 39 heavy (non-hydrogen) atoms. The highest BCUT2D eigenvalue weighted by Gasteiger charge is 2.38. The molecule has 8 nitrogen and oxygen atoms in total. The Labute approximate surface area is 233 Å². The highest BCUT2D eigenvalue weighted by molar-refractivity contribution is 6.00. The monoisotopic (exact) mass is 539 g/mol. The van der Waals surface area contributed by atoms with Crippen LogP contribution in [0.2, 0.25) is 0 Å². The number of ether oxygens (including phenoxy) is 1. The standard InChI is InChI=1S/C31H45N3O5/c1-10-19(2)26(33-30(38)39-31(7,8)9)29(37)34(16-17-35)27(24-15-14-20(3)23(6)18-24)28(36)32-25-21(4)12-11-13-22(25)5/h11-15,18-19,26-27,35H,10,16-17H2,1-9H3,(H,32,36)(H,33,38). The maximum absolute atomic E-state index is 14.2. The van der Waals surface area contributed by atoms with Crippen LogP contribution in [0.1, 0.15) is 74.9 Å². The van der Waals surface area contributed by atoms with Gasteiger partial charge in [-0.25, -0.2) is 4.79 Å². The van der Waals surface area contributed by atoms with Gasteiger partial charge in [-0.1, -0.05) is 56.7 Å². The number of anilines is 1. The number of benzene rings is 2. The summed E-state index contributed by atoms with van der Waals surface area (Å²) in [5.41, 5.74) is 4.36. The number of carbonyl (C=O) groups is 3. The van der Waals surface area contributed by atoms with E-state index in [1.54, 1.807) is 20.8 Å². The molecule has 2 rings (SSSR count). The number of hydrogen-bond acceptors (Lipinski definition) is 5. The van der Waals surface area contributed by atoms with Crippen molar-refractivity contribution in [2.24, 2.45) is 5.92 Å². The summed E-state index contributed by atoms with van der Waals surface area (Å²) < 4.78 is 5.43. The summed E-state index contributed by atoms with van der Waals surface area (Å²) >= 11 is 0.